The highest BCUT2D eigenvalue weighted by atomic mass is 32.1. The minimum Gasteiger partial charge on any atom is -0.346 e. The summed E-state index contributed by atoms with van der Waals surface area (Å²) >= 11 is 1.63. The van der Waals surface area contributed by atoms with E-state index in [1.54, 1.807) is 23.7 Å². The molecule has 1 aliphatic rings. The van der Waals surface area contributed by atoms with Gasteiger partial charge in [0.05, 0.1) is 18.1 Å². The molecule has 7 nitrogen and oxygen atoms in total. The summed E-state index contributed by atoms with van der Waals surface area (Å²) in [6.45, 7) is 4.95. The van der Waals surface area contributed by atoms with Crippen LogP contribution in [0.15, 0.2) is 24.0 Å². The first kappa shape index (κ1) is 14.7. The van der Waals surface area contributed by atoms with Crippen LogP contribution in [0.25, 0.3) is 0 Å². The van der Waals surface area contributed by atoms with Crippen molar-refractivity contribution in [3.05, 3.63) is 29.8 Å². The predicted octanol–water partition coefficient (Wildman–Crippen LogP) is 1.99. The molecule has 0 atom stereocenters. The molecule has 0 bridgehead atoms. The number of hydrogen-bond donors (Lipinski definition) is 1. The number of aryl methyl sites for hydroxylation is 1. The second kappa shape index (κ2) is 6.69. The molecule has 0 radical (unpaired) electrons. The van der Waals surface area contributed by atoms with Crippen LogP contribution < -0.4 is 10.2 Å². The number of amides is 2. The van der Waals surface area contributed by atoms with Crippen LogP contribution in [0.3, 0.4) is 0 Å². The van der Waals surface area contributed by atoms with Crippen molar-refractivity contribution in [1.82, 2.24) is 19.9 Å². The maximum Gasteiger partial charge on any atom is 0.321 e. The fourth-order valence-electron chi connectivity index (χ4n) is 2.34. The molecule has 1 saturated heterocycles. The van der Waals surface area contributed by atoms with E-state index in [4.69, 9.17) is 0 Å². The summed E-state index contributed by atoms with van der Waals surface area (Å²) in [5.74, 6) is 0.687. The fourth-order valence-corrected chi connectivity index (χ4v) is 3.04. The molecule has 0 saturated carbocycles. The molecule has 3 heterocycles. The molecule has 22 heavy (non-hydrogen) atoms. The van der Waals surface area contributed by atoms with Crippen LogP contribution in [0.2, 0.25) is 0 Å². The molecule has 1 fully saturated rings. The molecule has 0 unspecified atom stereocenters. The topological polar surface area (TPSA) is 74.2 Å². The van der Waals surface area contributed by atoms with E-state index in [9.17, 15) is 4.79 Å². The molecule has 2 aromatic heterocycles. The zero-order valence-electron chi connectivity index (χ0n) is 12.4. The standard InChI is InChI=1S/C14H18N6OS/c1-11-16-9-12(10-17-11)18-13(21)19-4-2-5-20(7-6-19)14-15-3-8-22-14/h3,8-10H,2,4-7H2,1H3,(H,18,21). The number of carbonyl (C=O) groups is 1. The summed E-state index contributed by atoms with van der Waals surface area (Å²) in [7, 11) is 0. The van der Waals surface area contributed by atoms with Crippen LogP contribution in [0.4, 0.5) is 15.6 Å². The quantitative estimate of drug-likeness (QED) is 0.916. The lowest BCUT2D eigenvalue weighted by atomic mass is 10.4. The van der Waals surface area contributed by atoms with Crippen molar-refractivity contribution in [2.24, 2.45) is 0 Å². The van der Waals surface area contributed by atoms with E-state index in [1.807, 2.05) is 23.4 Å². The second-order valence-electron chi connectivity index (χ2n) is 5.09. The lowest BCUT2D eigenvalue weighted by molar-refractivity contribution is 0.215. The van der Waals surface area contributed by atoms with Gasteiger partial charge in [-0.1, -0.05) is 0 Å². The van der Waals surface area contributed by atoms with Gasteiger partial charge in [0.15, 0.2) is 5.13 Å². The molecule has 2 amide bonds. The Hall–Kier alpha value is -2.22. The third kappa shape index (κ3) is 3.51. The number of thiazole rings is 1. The first-order chi connectivity index (χ1) is 10.7. The smallest absolute Gasteiger partial charge is 0.321 e. The van der Waals surface area contributed by atoms with Gasteiger partial charge >= 0.3 is 6.03 Å². The van der Waals surface area contributed by atoms with E-state index in [0.717, 1.165) is 31.2 Å². The Labute approximate surface area is 133 Å². The summed E-state index contributed by atoms with van der Waals surface area (Å²) in [6.07, 6.45) is 5.99. The Balaban J connectivity index is 1.58. The maximum atomic E-state index is 12.3. The maximum absolute atomic E-state index is 12.3. The van der Waals surface area contributed by atoms with Gasteiger partial charge in [-0.15, -0.1) is 11.3 Å². The molecule has 1 aliphatic heterocycles. The van der Waals surface area contributed by atoms with Crippen LogP contribution in [0.1, 0.15) is 12.2 Å². The summed E-state index contributed by atoms with van der Waals surface area (Å²) in [4.78, 5) is 28.9. The highest BCUT2D eigenvalue weighted by Gasteiger charge is 2.20. The highest BCUT2D eigenvalue weighted by Crippen LogP contribution is 2.19. The largest absolute Gasteiger partial charge is 0.346 e. The number of anilines is 2. The fraction of sp³-hybridized carbons (Fsp3) is 0.429. The van der Waals surface area contributed by atoms with Gasteiger partial charge < -0.3 is 15.1 Å². The average molecular weight is 318 g/mol. The number of hydrogen-bond acceptors (Lipinski definition) is 6. The lowest BCUT2D eigenvalue weighted by Crippen LogP contribution is -2.38. The van der Waals surface area contributed by atoms with Crippen LogP contribution in [-0.4, -0.2) is 52.1 Å². The predicted molar refractivity (Wildman–Crippen MR) is 86.3 cm³/mol. The van der Waals surface area contributed by atoms with Crippen molar-refractivity contribution < 1.29 is 4.79 Å². The average Bonchev–Trinajstić information content (AvgIpc) is 2.94. The van der Waals surface area contributed by atoms with Gasteiger partial charge in [0.1, 0.15) is 5.82 Å². The zero-order chi connectivity index (χ0) is 15.4. The van der Waals surface area contributed by atoms with Gasteiger partial charge in [0.2, 0.25) is 0 Å². The molecule has 0 aliphatic carbocycles. The van der Waals surface area contributed by atoms with Crippen LogP contribution in [0, 0.1) is 6.92 Å². The van der Waals surface area contributed by atoms with Gasteiger partial charge in [0.25, 0.3) is 0 Å². The molecule has 0 aromatic carbocycles. The molecule has 0 spiro atoms. The second-order valence-corrected chi connectivity index (χ2v) is 5.96. The van der Waals surface area contributed by atoms with E-state index in [2.05, 4.69) is 25.2 Å². The first-order valence-electron chi connectivity index (χ1n) is 7.21. The number of urea groups is 1. The van der Waals surface area contributed by atoms with Crippen molar-refractivity contribution in [2.75, 3.05) is 36.4 Å². The Bertz CT molecular complexity index is 615. The van der Waals surface area contributed by atoms with Crippen molar-refractivity contribution in [3.8, 4) is 0 Å². The number of nitrogens with zero attached hydrogens (tertiary/aromatic N) is 5. The molecule has 116 valence electrons. The van der Waals surface area contributed by atoms with E-state index in [0.29, 0.717) is 18.1 Å². The van der Waals surface area contributed by atoms with Gasteiger partial charge in [0, 0.05) is 37.8 Å². The van der Waals surface area contributed by atoms with E-state index in [-0.39, 0.29) is 6.03 Å². The molecular weight excluding hydrogens is 300 g/mol. The molecule has 1 N–H and O–H groups in total. The van der Waals surface area contributed by atoms with E-state index in [1.165, 1.54) is 0 Å². The Morgan fingerprint density at radius 1 is 1.18 bits per heavy atom. The zero-order valence-corrected chi connectivity index (χ0v) is 13.2. The summed E-state index contributed by atoms with van der Waals surface area (Å²) in [5.41, 5.74) is 0.622. The highest BCUT2D eigenvalue weighted by molar-refractivity contribution is 7.13. The normalized spacial score (nSPS) is 15.5. The number of rotatable bonds is 2. The molecule has 2 aromatic rings. The van der Waals surface area contributed by atoms with Gasteiger partial charge in [-0.3, -0.25) is 0 Å². The molecule has 8 heteroatoms. The Kier molecular flexibility index (Phi) is 4.47. The lowest BCUT2D eigenvalue weighted by Gasteiger charge is -2.21. The molecule has 3 rings (SSSR count). The third-order valence-corrected chi connectivity index (χ3v) is 4.34. The number of carbonyl (C=O) groups excluding carboxylic acids is 1. The minimum atomic E-state index is -0.103. The van der Waals surface area contributed by atoms with Crippen LogP contribution in [0.5, 0.6) is 0 Å². The van der Waals surface area contributed by atoms with Crippen LogP contribution >= 0.6 is 11.3 Å². The molecular formula is C14H18N6OS. The number of nitrogens with one attached hydrogen (secondary N) is 1. The van der Waals surface area contributed by atoms with Crippen LogP contribution in [-0.2, 0) is 0 Å². The Morgan fingerprint density at radius 2 is 2.00 bits per heavy atom. The van der Waals surface area contributed by atoms with Crippen molar-refractivity contribution >= 4 is 28.2 Å². The Morgan fingerprint density at radius 3 is 2.73 bits per heavy atom. The SMILES string of the molecule is Cc1ncc(NC(=O)N2CCCN(c3nccs3)CC2)cn1. The van der Waals surface area contributed by atoms with Crippen molar-refractivity contribution in [1.29, 1.82) is 0 Å². The first-order valence-corrected chi connectivity index (χ1v) is 8.09. The van der Waals surface area contributed by atoms with Crippen molar-refractivity contribution in [2.45, 2.75) is 13.3 Å². The summed E-state index contributed by atoms with van der Waals surface area (Å²) < 4.78 is 0. The van der Waals surface area contributed by atoms with E-state index >= 15 is 0 Å². The van der Waals surface area contributed by atoms with E-state index < -0.39 is 0 Å². The minimum absolute atomic E-state index is 0.103. The summed E-state index contributed by atoms with van der Waals surface area (Å²) in [6, 6.07) is -0.103. The van der Waals surface area contributed by atoms with Gasteiger partial charge in [-0.05, 0) is 13.3 Å². The van der Waals surface area contributed by atoms with Gasteiger partial charge in [-0.2, -0.15) is 0 Å². The number of aromatic nitrogens is 3. The monoisotopic (exact) mass is 318 g/mol. The van der Waals surface area contributed by atoms with Crippen molar-refractivity contribution in [3.63, 3.8) is 0 Å². The van der Waals surface area contributed by atoms with Gasteiger partial charge in [-0.25, -0.2) is 19.7 Å². The third-order valence-electron chi connectivity index (χ3n) is 3.51. The summed E-state index contributed by atoms with van der Waals surface area (Å²) in [5, 5.41) is 5.84.